The minimum atomic E-state index is -0.142. The van der Waals surface area contributed by atoms with Crippen molar-refractivity contribution >= 4 is 5.91 Å². The molecule has 4 nitrogen and oxygen atoms in total. The summed E-state index contributed by atoms with van der Waals surface area (Å²) in [6, 6.07) is 0. The van der Waals surface area contributed by atoms with Crippen LogP contribution in [0.3, 0.4) is 0 Å². The van der Waals surface area contributed by atoms with Gasteiger partial charge in [-0.15, -0.1) is 0 Å². The van der Waals surface area contributed by atoms with Crippen molar-refractivity contribution in [1.82, 2.24) is 15.1 Å². The fourth-order valence-corrected chi connectivity index (χ4v) is 2.13. The van der Waals surface area contributed by atoms with Gasteiger partial charge in [-0.1, -0.05) is 0 Å². The summed E-state index contributed by atoms with van der Waals surface area (Å²) in [5, 5.41) is 3.26. The Labute approximate surface area is 85.2 Å². The second-order valence-electron chi connectivity index (χ2n) is 4.47. The van der Waals surface area contributed by atoms with Crippen LogP contribution in [0.25, 0.3) is 0 Å². The predicted molar refractivity (Wildman–Crippen MR) is 55.1 cm³/mol. The number of likely N-dealkylation sites (N-methyl/N-ethyl adjacent to an activating group) is 1. The maximum absolute atomic E-state index is 12.2. The molecule has 0 spiro atoms. The summed E-state index contributed by atoms with van der Waals surface area (Å²) in [4.78, 5) is 16.3. The van der Waals surface area contributed by atoms with Crippen molar-refractivity contribution in [2.45, 2.75) is 18.4 Å². The summed E-state index contributed by atoms with van der Waals surface area (Å²) in [5.74, 6) is 0.337. The highest BCUT2D eigenvalue weighted by Crippen LogP contribution is 2.41. The third-order valence-electron chi connectivity index (χ3n) is 3.38. The predicted octanol–water partition coefficient (Wildman–Crippen LogP) is -0.488. The normalized spacial score (nSPS) is 25.2. The summed E-state index contributed by atoms with van der Waals surface area (Å²) in [6.45, 7) is 3.62. The number of amides is 1. The number of carbonyl (C=O) groups is 1. The van der Waals surface area contributed by atoms with E-state index in [0.29, 0.717) is 5.91 Å². The van der Waals surface area contributed by atoms with Crippen LogP contribution in [0, 0.1) is 0 Å². The summed E-state index contributed by atoms with van der Waals surface area (Å²) >= 11 is 0. The molecule has 1 saturated carbocycles. The van der Waals surface area contributed by atoms with Crippen LogP contribution in [0.1, 0.15) is 12.8 Å². The first-order valence-corrected chi connectivity index (χ1v) is 5.34. The first-order chi connectivity index (χ1) is 6.67. The quantitative estimate of drug-likeness (QED) is 0.649. The van der Waals surface area contributed by atoms with Gasteiger partial charge in [0.25, 0.3) is 0 Å². The van der Waals surface area contributed by atoms with Gasteiger partial charge in [-0.3, -0.25) is 9.69 Å². The Morgan fingerprint density at radius 2 is 1.86 bits per heavy atom. The monoisotopic (exact) mass is 197 g/mol. The number of nitrogens with zero attached hydrogens (tertiary/aromatic N) is 2. The Morgan fingerprint density at radius 1 is 1.29 bits per heavy atom. The second-order valence-corrected chi connectivity index (χ2v) is 4.47. The summed E-state index contributed by atoms with van der Waals surface area (Å²) < 4.78 is 0. The van der Waals surface area contributed by atoms with Gasteiger partial charge >= 0.3 is 0 Å². The third kappa shape index (κ3) is 1.53. The number of piperazine rings is 1. The van der Waals surface area contributed by atoms with Crippen molar-refractivity contribution in [3.63, 3.8) is 0 Å². The molecule has 1 N–H and O–H groups in total. The fraction of sp³-hybridized carbons (Fsp3) is 0.900. The molecule has 4 heteroatoms. The van der Waals surface area contributed by atoms with Gasteiger partial charge in [0, 0.05) is 26.2 Å². The van der Waals surface area contributed by atoms with Crippen LogP contribution >= 0.6 is 0 Å². The van der Waals surface area contributed by atoms with Crippen molar-refractivity contribution in [3.05, 3.63) is 0 Å². The molecule has 0 radical (unpaired) electrons. The molecule has 2 rings (SSSR count). The molecular formula is C10H19N3O. The lowest BCUT2D eigenvalue weighted by Crippen LogP contribution is -2.54. The fourth-order valence-electron chi connectivity index (χ4n) is 2.13. The van der Waals surface area contributed by atoms with Crippen LogP contribution in [0.4, 0.5) is 0 Å². The van der Waals surface area contributed by atoms with Crippen molar-refractivity contribution in [3.8, 4) is 0 Å². The highest BCUT2D eigenvalue weighted by atomic mass is 16.2. The molecule has 2 aliphatic rings. The zero-order valence-electron chi connectivity index (χ0n) is 9.05. The largest absolute Gasteiger partial charge is 0.339 e. The van der Waals surface area contributed by atoms with Crippen LogP contribution in [0.5, 0.6) is 0 Å². The highest BCUT2D eigenvalue weighted by Gasteiger charge is 2.53. The van der Waals surface area contributed by atoms with Gasteiger partial charge in [0.15, 0.2) is 0 Å². The van der Waals surface area contributed by atoms with Crippen LogP contribution in [-0.2, 0) is 4.79 Å². The van der Waals surface area contributed by atoms with E-state index >= 15 is 0 Å². The smallest absolute Gasteiger partial charge is 0.243 e. The maximum Gasteiger partial charge on any atom is 0.243 e. The molecule has 0 atom stereocenters. The van der Waals surface area contributed by atoms with E-state index in [0.717, 1.165) is 39.0 Å². The van der Waals surface area contributed by atoms with Crippen molar-refractivity contribution in [2.75, 3.05) is 40.3 Å². The van der Waals surface area contributed by atoms with E-state index in [2.05, 4.69) is 10.2 Å². The Kier molecular flexibility index (Phi) is 2.49. The lowest BCUT2D eigenvalue weighted by molar-refractivity contribution is -0.138. The molecule has 0 unspecified atom stereocenters. The molecule has 14 heavy (non-hydrogen) atoms. The number of hydrogen-bond acceptors (Lipinski definition) is 3. The molecule has 1 heterocycles. The number of nitrogens with one attached hydrogen (secondary N) is 1. The van der Waals surface area contributed by atoms with E-state index in [1.165, 1.54) is 0 Å². The Morgan fingerprint density at radius 3 is 2.29 bits per heavy atom. The van der Waals surface area contributed by atoms with Gasteiger partial charge in [0.05, 0.1) is 0 Å². The Balaban J connectivity index is 2.00. The molecule has 1 aliphatic carbocycles. The third-order valence-corrected chi connectivity index (χ3v) is 3.38. The van der Waals surface area contributed by atoms with Crippen LogP contribution in [0.2, 0.25) is 0 Å². The first-order valence-electron chi connectivity index (χ1n) is 5.34. The Bertz CT molecular complexity index is 230. The molecule has 0 aromatic heterocycles. The molecule has 0 bridgehead atoms. The van der Waals surface area contributed by atoms with E-state index in [-0.39, 0.29) is 5.54 Å². The SMILES string of the molecule is CN(C)C1(C(=O)N2CCNCC2)CC1. The summed E-state index contributed by atoms with van der Waals surface area (Å²) in [5.41, 5.74) is -0.142. The number of carbonyl (C=O) groups excluding carboxylic acids is 1. The molecule has 80 valence electrons. The van der Waals surface area contributed by atoms with E-state index in [1.54, 1.807) is 0 Å². The van der Waals surface area contributed by atoms with E-state index in [1.807, 2.05) is 19.0 Å². The zero-order chi connectivity index (χ0) is 10.2. The standard InChI is InChI=1S/C10H19N3O/c1-12(2)10(3-4-10)9(14)13-7-5-11-6-8-13/h11H,3-8H2,1-2H3. The molecule has 0 aromatic rings. The summed E-state index contributed by atoms with van der Waals surface area (Å²) in [7, 11) is 4.01. The molecule has 1 aliphatic heterocycles. The molecule has 2 fully saturated rings. The van der Waals surface area contributed by atoms with Gasteiger partial charge < -0.3 is 10.2 Å². The van der Waals surface area contributed by atoms with Crippen LogP contribution in [-0.4, -0.2) is 61.5 Å². The minimum absolute atomic E-state index is 0.142. The first kappa shape index (κ1) is 9.93. The van der Waals surface area contributed by atoms with Crippen LogP contribution in [0.15, 0.2) is 0 Å². The van der Waals surface area contributed by atoms with Crippen LogP contribution < -0.4 is 5.32 Å². The molecule has 1 amide bonds. The van der Waals surface area contributed by atoms with E-state index in [4.69, 9.17) is 0 Å². The summed E-state index contributed by atoms with van der Waals surface area (Å²) in [6.07, 6.45) is 2.06. The second kappa shape index (κ2) is 3.51. The van der Waals surface area contributed by atoms with Gasteiger partial charge in [0.1, 0.15) is 5.54 Å². The lowest BCUT2D eigenvalue weighted by Gasteiger charge is -2.33. The average Bonchev–Trinajstić information content (AvgIpc) is 2.99. The van der Waals surface area contributed by atoms with Crippen molar-refractivity contribution in [1.29, 1.82) is 0 Å². The average molecular weight is 197 g/mol. The van der Waals surface area contributed by atoms with Gasteiger partial charge in [-0.05, 0) is 26.9 Å². The maximum atomic E-state index is 12.2. The number of rotatable bonds is 2. The zero-order valence-corrected chi connectivity index (χ0v) is 9.05. The van der Waals surface area contributed by atoms with Gasteiger partial charge in [-0.25, -0.2) is 0 Å². The van der Waals surface area contributed by atoms with E-state index in [9.17, 15) is 4.79 Å². The Hall–Kier alpha value is -0.610. The van der Waals surface area contributed by atoms with Crippen molar-refractivity contribution < 1.29 is 4.79 Å². The highest BCUT2D eigenvalue weighted by molar-refractivity contribution is 5.89. The van der Waals surface area contributed by atoms with Gasteiger partial charge in [0.2, 0.25) is 5.91 Å². The van der Waals surface area contributed by atoms with Crippen molar-refractivity contribution in [2.24, 2.45) is 0 Å². The topological polar surface area (TPSA) is 35.6 Å². The van der Waals surface area contributed by atoms with Gasteiger partial charge in [-0.2, -0.15) is 0 Å². The molecular weight excluding hydrogens is 178 g/mol. The molecule has 0 aromatic carbocycles. The number of hydrogen-bond donors (Lipinski definition) is 1. The molecule has 1 saturated heterocycles. The lowest BCUT2D eigenvalue weighted by atomic mass is 10.2. The minimum Gasteiger partial charge on any atom is -0.339 e. The van der Waals surface area contributed by atoms with E-state index < -0.39 is 0 Å².